The van der Waals surface area contributed by atoms with Gasteiger partial charge in [0.1, 0.15) is 35.6 Å². The number of methoxy groups -OCH3 is 1. The Kier molecular flexibility index (Phi) is 8.35. The number of nitrogens with zero attached hydrogens (tertiary/aromatic N) is 1. The molecule has 11 heteroatoms. The molecule has 0 saturated carbocycles. The summed E-state index contributed by atoms with van der Waals surface area (Å²) in [7, 11) is 1.26. The average Bonchev–Trinajstić information content (AvgIpc) is 3.29. The van der Waals surface area contributed by atoms with E-state index < -0.39 is 17.0 Å². The lowest BCUT2D eigenvalue weighted by Crippen LogP contribution is -2.07. The minimum absolute atomic E-state index is 0.141. The first-order valence-corrected chi connectivity index (χ1v) is 12.5. The van der Waals surface area contributed by atoms with Crippen LogP contribution >= 0.6 is 22.9 Å². The largest absolute Gasteiger partial charge is 0.508 e. The number of esters is 1. The molecule has 0 bridgehead atoms. The molecule has 0 unspecified atom stereocenters. The number of halogens is 1. The predicted octanol–water partition coefficient (Wildman–Crippen LogP) is 7.26. The van der Waals surface area contributed by atoms with Crippen molar-refractivity contribution in [1.29, 1.82) is 0 Å². The third-order valence-electron chi connectivity index (χ3n) is 5.48. The molecule has 0 aliphatic carbocycles. The van der Waals surface area contributed by atoms with E-state index >= 15 is 0 Å². The quantitative estimate of drug-likeness (QED) is 0.119. The number of rotatable bonds is 10. The number of nitrogens with one attached hydrogen (secondary N) is 1. The van der Waals surface area contributed by atoms with E-state index in [1.54, 1.807) is 49.4 Å². The summed E-state index contributed by atoms with van der Waals surface area (Å²) in [6.45, 7) is 1.99. The van der Waals surface area contributed by atoms with Crippen LogP contribution in [0.3, 0.4) is 0 Å². The molecule has 9 nitrogen and oxygen atoms in total. The van der Waals surface area contributed by atoms with E-state index in [0.29, 0.717) is 15.8 Å². The minimum atomic E-state index is -0.607. The molecule has 0 saturated heterocycles. The van der Waals surface area contributed by atoms with Gasteiger partial charge in [0, 0.05) is 28.8 Å². The lowest BCUT2D eigenvalue weighted by atomic mass is 10.1. The first-order chi connectivity index (χ1) is 18.2. The molecule has 0 radical (unpaired) electrons. The third-order valence-corrected chi connectivity index (χ3v) is 6.84. The van der Waals surface area contributed by atoms with Crippen LogP contribution in [0.1, 0.15) is 33.8 Å². The van der Waals surface area contributed by atoms with Gasteiger partial charge in [0.05, 0.1) is 17.0 Å². The van der Waals surface area contributed by atoms with Crippen molar-refractivity contribution < 1.29 is 29.0 Å². The normalized spacial score (nSPS) is 11.4. The number of hydrogen-bond donors (Lipinski definition) is 2. The zero-order valence-corrected chi connectivity index (χ0v) is 21.9. The Morgan fingerprint density at radius 1 is 1.13 bits per heavy atom. The highest BCUT2D eigenvalue weighted by Crippen LogP contribution is 2.40. The van der Waals surface area contributed by atoms with Crippen LogP contribution in [0.2, 0.25) is 5.02 Å². The highest BCUT2D eigenvalue weighted by molar-refractivity contribution is 7.18. The van der Waals surface area contributed by atoms with Gasteiger partial charge in [0.2, 0.25) is 0 Å². The summed E-state index contributed by atoms with van der Waals surface area (Å²) in [6.07, 6.45) is -0.486. The zero-order valence-electron chi connectivity index (χ0n) is 20.3. The number of ether oxygens (including phenoxy) is 3. The smallest absolute Gasteiger partial charge is 0.351 e. The van der Waals surface area contributed by atoms with Crippen LogP contribution in [0.15, 0.2) is 72.8 Å². The van der Waals surface area contributed by atoms with Crippen LogP contribution in [0.4, 0.5) is 16.4 Å². The van der Waals surface area contributed by atoms with Crippen molar-refractivity contribution in [2.75, 3.05) is 12.4 Å². The van der Waals surface area contributed by atoms with E-state index in [0.717, 1.165) is 22.5 Å². The van der Waals surface area contributed by atoms with Crippen molar-refractivity contribution in [1.82, 2.24) is 0 Å². The van der Waals surface area contributed by atoms with Crippen molar-refractivity contribution in [3.05, 3.63) is 104 Å². The highest BCUT2D eigenvalue weighted by Gasteiger charge is 2.23. The number of phenols is 1. The molecule has 1 atom stereocenters. The number of anilines is 2. The van der Waals surface area contributed by atoms with Gasteiger partial charge in [-0.3, -0.25) is 10.1 Å². The Labute approximate surface area is 227 Å². The summed E-state index contributed by atoms with van der Waals surface area (Å²) < 4.78 is 16.8. The van der Waals surface area contributed by atoms with Crippen LogP contribution in [0.5, 0.6) is 17.2 Å². The van der Waals surface area contributed by atoms with Gasteiger partial charge in [-0.05, 0) is 36.8 Å². The second-order valence-electron chi connectivity index (χ2n) is 8.09. The fourth-order valence-electron chi connectivity index (χ4n) is 3.57. The molecule has 0 aliphatic rings. The predicted molar refractivity (Wildman–Crippen MR) is 145 cm³/mol. The first kappa shape index (κ1) is 26.8. The SMILES string of the molecule is COC(=O)c1sc(Nc2cc(OCc3ccc(O)cc3)ccc2[N+](=O)[O-])cc1O[C@H](C)c1ccccc1Cl. The topological polar surface area (TPSA) is 120 Å². The van der Waals surface area contributed by atoms with Gasteiger partial charge in [0.15, 0.2) is 4.88 Å². The van der Waals surface area contributed by atoms with E-state index in [4.69, 9.17) is 25.8 Å². The lowest BCUT2D eigenvalue weighted by molar-refractivity contribution is -0.383. The van der Waals surface area contributed by atoms with Gasteiger partial charge in [-0.1, -0.05) is 41.9 Å². The first-order valence-electron chi connectivity index (χ1n) is 11.3. The van der Waals surface area contributed by atoms with E-state index in [2.05, 4.69) is 5.32 Å². The summed E-state index contributed by atoms with van der Waals surface area (Å²) in [5.41, 5.74) is 1.54. The van der Waals surface area contributed by atoms with E-state index in [9.17, 15) is 20.0 Å². The molecule has 0 aliphatic heterocycles. The average molecular weight is 555 g/mol. The van der Waals surface area contributed by atoms with Gasteiger partial charge >= 0.3 is 5.97 Å². The Morgan fingerprint density at radius 2 is 1.87 bits per heavy atom. The number of benzene rings is 3. The number of nitro groups is 1. The molecular formula is C27H23ClN2O7S. The summed E-state index contributed by atoms with van der Waals surface area (Å²) >= 11 is 7.33. The van der Waals surface area contributed by atoms with E-state index in [1.807, 2.05) is 12.1 Å². The fourth-order valence-corrected chi connectivity index (χ4v) is 4.78. The van der Waals surface area contributed by atoms with Crippen LogP contribution in [-0.2, 0) is 11.3 Å². The Bertz CT molecular complexity index is 1460. The van der Waals surface area contributed by atoms with Gasteiger partial charge in [0.25, 0.3) is 5.69 Å². The molecule has 0 spiro atoms. The Hall–Kier alpha value is -4.28. The molecule has 1 aromatic heterocycles. The molecule has 4 aromatic rings. The Morgan fingerprint density at radius 3 is 2.55 bits per heavy atom. The summed E-state index contributed by atoms with van der Waals surface area (Å²) in [5, 5.41) is 25.1. The molecular weight excluding hydrogens is 532 g/mol. The number of carbonyl (C=O) groups is 1. The van der Waals surface area contributed by atoms with Crippen molar-refractivity contribution in [3.63, 3.8) is 0 Å². The van der Waals surface area contributed by atoms with E-state index in [1.165, 1.54) is 25.3 Å². The van der Waals surface area contributed by atoms with Crippen molar-refractivity contribution in [2.45, 2.75) is 19.6 Å². The Balaban J connectivity index is 1.59. The molecule has 0 fully saturated rings. The fraction of sp³-hybridized carbons (Fsp3) is 0.148. The number of carbonyl (C=O) groups excluding carboxylic acids is 1. The molecule has 3 aromatic carbocycles. The maximum atomic E-state index is 12.5. The molecule has 0 amide bonds. The minimum Gasteiger partial charge on any atom is -0.508 e. The molecule has 1 heterocycles. The summed E-state index contributed by atoms with van der Waals surface area (Å²) in [5.74, 6) is 0.172. The van der Waals surface area contributed by atoms with E-state index in [-0.39, 0.29) is 34.4 Å². The van der Waals surface area contributed by atoms with Crippen LogP contribution in [-0.4, -0.2) is 23.1 Å². The number of thiophene rings is 1. The molecule has 38 heavy (non-hydrogen) atoms. The number of hydrogen-bond acceptors (Lipinski definition) is 9. The van der Waals surface area contributed by atoms with Gasteiger partial charge in [-0.25, -0.2) is 4.79 Å². The van der Waals surface area contributed by atoms with Gasteiger partial charge in [-0.15, -0.1) is 11.3 Å². The van der Waals surface area contributed by atoms with Gasteiger partial charge in [-0.2, -0.15) is 0 Å². The van der Waals surface area contributed by atoms with Crippen molar-refractivity contribution in [2.24, 2.45) is 0 Å². The van der Waals surface area contributed by atoms with Crippen LogP contribution in [0, 0.1) is 10.1 Å². The number of phenolic OH excluding ortho intramolecular Hbond substituents is 1. The number of aromatic hydroxyl groups is 1. The van der Waals surface area contributed by atoms with Crippen molar-refractivity contribution in [3.8, 4) is 17.2 Å². The summed E-state index contributed by atoms with van der Waals surface area (Å²) in [4.78, 5) is 23.8. The van der Waals surface area contributed by atoms with Crippen molar-refractivity contribution >= 4 is 45.3 Å². The molecule has 196 valence electrons. The maximum Gasteiger partial charge on any atom is 0.351 e. The number of nitro benzene ring substituents is 1. The second-order valence-corrected chi connectivity index (χ2v) is 9.55. The maximum absolute atomic E-state index is 12.5. The standard InChI is InChI=1S/C27H23ClN2O7S/c1-16(20-5-3-4-6-21(20)28)37-24-14-25(38-26(24)27(32)35-2)29-22-13-19(11-12-23(22)30(33)34)36-15-17-7-9-18(31)10-8-17/h3-14,16,29,31H,15H2,1-2H3/t16-/m1/s1. The third kappa shape index (κ3) is 6.34. The monoisotopic (exact) mass is 554 g/mol. The zero-order chi connectivity index (χ0) is 27.2. The molecule has 2 N–H and O–H groups in total. The molecule has 4 rings (SSSR count). The summed E-state index contributed by atoms with van der Waals surface area (Å²) in [6, 6.07) is 19.6. The highest BCUT2D eigenvalue weighted by atomic mass is 35.5. The van der Waals surface area contributed by atoms with Gasteiger partial charge < -0.3 is 24.6 Å². The van der Waals surface area contributed by atoms with Crippen LogP contribution in [0.25, 0.3) is 0 Å². The van der Waals surface area contributed by atoms with Crippen LogP contribution < -0.4 is 14.8 Å². The lowest BCUT2D eigenvalue weighted by Gasteiger charge is -2.16. The second kappa shape index (κ2) is 11.8.